The lowest BCUT2D eigenvalue weighted by molar-refractivity contribution is -0.119. The molecule has 74 valence electrons. The Morgan fingerprint density at radius 1 is 1.15 bits per heavy atom. The highest BCUT2D eigenvalue weighted by Gasteiger charge is 2.42. The highest BCUT2D eigenvalue weighted by molar-refractivity contribution is 5.79. The minimum absolute atomic E-state index is 0.264. The zero-order chi connectivity index (χ0) is 9.53. The van der Waals surface area contributed by atoms with Crippen molar-refractivity contribution >= 4 is 5.91 Å². The van der Waals surface area contributed by atoms with Gasteiger partial charge in [-0.1, -0.05) is 13.8 Å². The van der Waals surface area contributed by atoms with Crippen molar-refractivity contribution in [2.24, 2.45) is 10.8 Å². The molecule has 2 rings (SSSR count). The van der Waals surface area contributed by atoms with Crippen LogP contribution in [0.15, 0.2) is 0 Å². The summed E-state index contributed by atoms with van der Waals surface area (Å²) in [7, 11) is 0. The van der Waals surface area contributed by atoms with Gasteiger partial charge in [0.1, 0.15) is 0 Å². The summed E-state index contributed by atoms with van der Waals surface area (Å²) in [6.45, 7) is 5.61. The standard InChI is InChI=1S/C11H19NO/c1-10(2)3-5-11(6-4-10)7-9(13)12-8-11/h3-8H2,1-2H3,(H,12,13). The third-order valence-corrected chi connectivity index (χ3v) is 3.86. The number of hydrogen-bond acceptors (Lipinski definition) is 1. The number of hydrogen-bond donors (Lipinski definition) is 1. The second kappa shape index (κ2) is 2.73. The molecule has 0 aromatic carbocycles. The van der Waals surface area contributed by atoms with Crippen LogP contribution in [0.5, 0.6) is 0 Å². The Hall–Kier alpha value is -0.530. The largest absolute Gasteiger partial charge is 0.356 e. The van der Waals surface area contributed by atoms with Gasteiger partial charge in [-0.05, 0) is 36.5 Å². The molecule has 0 aromatic rings. The molecule has 1 amide bonds. The first-order valence-electron chi connectivity index (χ1n) is 5.28. The Kier molecular flexibility index (Phi) is 1.90. The van der Waals surface area contributed by atoms with Crippen molar-refractivity contribution in [3.8, 4) is 0 Å². The summed E-state index contributed by atoms with van der Waals surface area (Å²) in [6, 6.07) is 0. The van der Waals surface area contributed by atoms with Crippen LogP contribution in [0.25, 0.3) is 0 Å². The van der Waals surface area contributed by atoms with Gasteiger partial charge < -0.3 is 5.32 Å². The SMILES string of the molecule is CC1(C)CCC2(CC1)CNC(=O)C2. The van der Waals surface area contributed by atoms with E-state index in [0.29, 0.717) is 10.8 Å². The molecule has 1 heterocycles. The average Bonchev–Trinajstić information content (AvgIpc) is 2.41. The Bertz CT molecular complexity index is 222. The fraction of sp³-hybridized carbons (Fsp3) is 0.909. The minimum Gasteiger partial charge on any atom is -0.356 e. The third-order valence-electron chi connectivity index (χ3n) is 3.86. The van der Waals surface area contributed by atoms with Gasteiger partial charge in [-0.15, -0.1) is 0 Å². The van der Waals surface area contributed by atoms with Gasteiger partial charge >= 0.3 is 0 Å². The van der Waals surface area contributed by atoms with Crippen molar-refractivity contribution in [3.05, 3.63) is 0 Å². The molecule has 2 nitrogen and oxygen atoms in total. The highest BCUT2D eigenvalue weighted by atomic mass is 16.1. The molecule has 1 saturated heterocycles. The Morgan fingerprint density at radius 2 is 1.77 bits per heavy atom. The molecule has 1 spiro atoms. The number of rotatable bonds is 0. The van der Waals surface area contributed by atoms with Gasteiger partial charge in [0.2, 0.25) is 5.91 Å². The smallest absolute Gasteiger partial charge is 0.220 e. The fourth-order valence-electron chi connectivity index (χ4n) is 2.56. The van der Waals surface area contributed by atoms with E-state index >= 15 is 0 Å². The maximum atomic E-state index is 11.2. The van der Waals surface area contributed by atoms with E-state index in [1.165, 1.54) is 25.7 Å². The third kappa shape index (κ3) is 1.72. The van der Waals surface area contributed by atoms with Gasteiger partial charge in [0.25, 0.3) is 0 Å². The van der Waals surface area contributed by atoms with E-state index in [4.69, 9.17) is 0 Å². The molecule has 1 aliphatic carbocycles. The molecule has 1 saturated carbocycles. The van der Waals surface area contributed by atoms with E-state index in [1.807, 2.05) is 0 Å². The summed E-state index contributed by atoms with van der Waals surface area (Å²) >= 11 is 0. The molecule has 13 heavy (non-hydrogen) atoms. The zero-order valence-electron chi connectivity index (χ0n) is 8.65. The average molecular weight is 181 g/mol. The summed E-state index contributed by atoms with van der Waals surface area (Å²) in [4.78, 5) is 11.2. The van der Waals surface area contributed by atoms with Crippen LogP contribution in [-0.2, 0) is 4.79 Å². The van der Waals surface area contributed by atoms with Crippen molar-refractivity contribution in [3.63, 3.8) is 0 Å². The van der Waals surface area contributed by atoms with Crippen LogP contribution in [-0.4, -0.2) is 12.5 Å². The van der Waals surface area contributed by atoms with E-state index in [0.717, 1.165) is 13.0 Å². The first kappa shape index (κ1) is 9.04. The quantitative estimate of drug-likeness (QED) is 0.609. The van der Waals surface area contributed by atoms with Crippen LogP contribution < -0.4 is 5.32 Å². The summed E-state index contributed by atoms with van der Waals surface area (Å²) in [5.41, 5.74) is 0.851. The van der Waals surface area contributed by atoms with Gasteiger partial charge in [-0.25, -0.2) is 0 Å². The fourth-order valence-corrected chi connectivity index (χ4v) is 2.56. The van der Waals surface area contributed by atoms with Crippen molar-refractivity contribution in [1.82, 2.24) is 5.32 Å². The van der Waals surface area contributed by atoms with E-state index in [2.05, 4.69) is 19.2 Å². The number of carbonyl (C=O) groups is 1. The normalized spacial score (nSPS) is 30.5. The molecular formula is C11H19NO. The van der Waals surface area contributed by atoms with Crippen molar-refractivity contribution < 1.29 is 4.79 Å². The first-order valence-corrected chi connectivity index (χ1v) is 5.28. The molecule has 0 radical (unpaired) electrons. The number of amides is 1. The van der Waals surface area contributed by atoms with Crippen molar-refractivity contribution in [2.45, 2.75) is 46.0 Å². The van der Waals surface area contributed by atoms with Gasteiger partial charge in [0, 0.05) is 13.0 Å². The topological polar surface area (TPSA) is 29.1 Å². The monoisotopic (exact) mass is 181 g/mol. The first-order chi connectivity index (χ1) is 6.02. The maximum absolute atomic E-state index is 11.2. The highest BCUT2D eigenvalue weighted by Crippen LogP contribution is 2.47. The van der Waals surface area contributed by atoms with E-state index in [-0.39, 0.29) is 5.91 Å². The molecule has 1 N–H and O–H groups in total. The Labute approximate surface area is 80.1 Å². The minimum atomic E-state index is 0.264. The van der Waals surface area contributed by atoms with E-state index < -0.39 is 0 Å². The Morgan fingerprint density at radius 3 is 2.23 bits per heavy atom. The zero-order valence-corrected chi connectivity index (χ0v) is 8.65. The van der Waals surface area contributed by atoms with Gasteiger partial charge in [-0.3, -0.25) is 4.79 Å². The summed E-state index contributed by atoms with van der Waals surface area (Å²) in [5, 5.41) is 2.97. The van der Waals surface area contributed by atoms with Crippen LogP contribution in [0.2, 0.25) is 0 Å². The lowest BCUT2D eigenvalue weighted by Gasteiger charge is -2.40. The van der Waals surface area contributed by atoms with Crippen molar-refractivity contribution in [1.29, 1.82) is 0 Å². The summed E-state index contributed by atoms with van der Waals surface area (Å²) < 4.78 is 0. The molecule has 1 aliphatic heterocycles. The predicted octanol–water partition coefficient (Wildman–Crippen LogP) is 2.09. The van der Waals surface area contributed by atoms with Gasteiger partial charge in [0.05, 0.1) is 0 Å². The van der Waals surface area contributed by atoms with E-state index in [1.54, 1.807) is 0 Å². The second-order valence-corrected chi connectivity index (χ2v) is 5.62. The van der Waals surface area contributed by atoms with Gasteiger partial charge in [0.15, 0.2) is 0 Å². The molecule has 2 aliphatic rings. The maximum Gasteiger partial charge on any atom is 0.220 e. The molecule has 0 unspecified atom stereocenters. The van der Waals surface area contributed by atoms with Crippen LogP contribution in [0.4, 0.5) is 0 Å². The van der Waals surface area contributed by atoms with Crippen LogP contribution >= 0.6 is 0 Å². The van der Waals surface area contributed by atoms with Crippen LogP contribution in [0.3, 0.4) is 0 Å². The van der Waals surface area contributed by atoms with E-state index in [9.17, 15) is 4.79 Å². The lowest BCUT2D eigenvalue weighted by atomic mass is 9.65. The van der Waals surface area contributed by atoms with Crippen LogP contribution in [0, 0.1) is 10.8 Å². The molecule has 0 atom stereocenters. The number of carbonyl (C=O) groups excluding carboxylic acids is 1. The Balaban J connectivity index is 2.01. The molecule has 2 fully saturated rings. The molecule has 0 aromatic heterocycles. The molecule has 2 heteroatoms. The van der Waals surface area contributed by atoms with Crippen LogP contribution in [0.1, 0.15) is 46.0 Å². The predicted molar refractivity (Wildman–Crippen MR) is 52.3 cm³/mol. The lowest BCUT2D eigenvalue weighted by Crippen LogP contribution is -2.32. The summed E-state index contributed by atoms with van der Waals surface area (Å²) in [6.07, 6.45) is 5.81. The molecular weight excluding hydrogens is 162 g/mol. The summed E-state index contributed by atoms with van der Waals surface area (Å²) in [5.74, 6) is 0.264. The second-order valence-electron chi connectivity index (χ2n) is 5.62. The molecule has 0 bridgehead atoms. The van der Waals surface area contributed by atoms with Crippen molar-refractivity contribution in [2.75, 3.05) is 6.54 Å². The number of nitrogens with one attached hydrogen (secondary N) is 1. The van der Waals surface area contributed by atoms with Gasteiger partial charge in [-0.2, -0.15) is 0 Å².